The van der Waals surface area contributed by atoms with Crippen LogP contribution >= 0.6 is 0 Å². The highest BCUT2D eigenvalue weighted by atomic mass is 19.1. The van der Waals surface area contributed by atoms with E-state index in [0.717, 1.165) is 22.3 Å². The van der Waals surface area contributed by atoms with Gasteiger partial charge in [0.2, 0.25) is 0 Å². The fraction of sp³-hybridized carbons (Fsp3) is 0.154. The number of alkyl carbamates (subject to hydrolysis) is 1. The van der Waals surface area contributed by atoms with Crippen molar-refractivity contribution >= 4 is 12.4 Å². The van der Waals surface area contributed by atoms with Crippen LogP contribution in [0.1, 0.15) is 38.5 Å². The van der Waals surface area contributed by atoms with Crippen molar-refractivity contribution in [3.63, 3.8) is 0 Å². The largest absolute Gasteiger partial charge is 0.449 e. The molecule has 4 rings (SSSR count). The van der Waals surface area contributed by atoms with Gasteiger partial charge in [-0.3, -0.25) is 4.79 Å². The van der Waals surface area contributed by atoms with Gasteiger partial charge in [-0.05, 0) is 40.8 Å². The van der Waals surface area contributed by atoms with Crippen LogP contribution in [-0.2, 0) is 4.74 Å². The van der Waals surface area contributed by atoms with Crippen molar-refractivity contribution in [2.24, 2.45) is 0 Å². The number of hydrogen-bond acceptors (Lipinski definition) is 3. The van der Waals surface area contributed by atoms with Crippen molar-refractivity contribution in [3.05, 3.63) is 94.3 Å². The molecule has 0 spiro atoms. The van der Waals surface area contributed by atoms with Crippen LogP contribution in [0.2, 0.25) is 0 Å². The Balaban J connectivity index is 1.38. The number of amides is 1. The molecule has 1 amide bonds. The molecule has 3 aromatic rings. The molecule has 0 heterocycles. The maximum Gasteiger partial charge on any atom is 0.407 e. The molecule has 0 fully saturated rings. The topological polar surface area (TPSA) is 55.4 Å². The van der Waals surface area contributed by atoms with Gasteiger partial charge in [0.15, 0.2) is 6.29 Å². The lowest BCUT2D eigenvalue weighted by molar-refractivity contribution is 0.111. The van der Waals surface area contributed by atoms with Gasteiger partial charge >= 0.3 is 6.09 Å². The van der Waals surface area contributed by atoms with Crippen LogP contribution in [-0.4, -0.2) is 25.5 Å². The summed E-state index contributed by atoms with van der Waals surface area (Å²) in [4.78, 5) is 23.3. The molecule has 154 valence electrons. The van der Waals surface area contributed by atoms with Crippen molar-refractivity contribution < 1.29 is 18.7 Å². The van der Waals surface area contributed by atoms with E-state index >= 15 is 0 Å². The number of halogens is 1. The number of carbonyl (C=O) groups excluding carboxylic acids is 2. The highest BCUT2D eigenvalue weighted by Gasteiger charge is 2.28. The molecular formula is C26H20FNO3. The van der Waals surface area contributed by atoms with Crippen molar-refractivity contribution in [2.75, 3.05) is 13.2 Å². The predicted molar refractivity (Wildman–Crippen MR) is 116 cm³/mol. The Hall–Kier alpha value is -3.91. The van der Waals surface area contributed by atoms with E-state index in [1.807, 2.05) is 24.3 Å². The molecule has 1 N–H and O–H groups in total. The summed E-state index contributed by atoms with van der Waals surface area (Å²) < 4.78 is 19.2. The lowest BCUT2D eigenvalue weighted by atomic mass is 9.98. The number of benzene rings is 3. The first-order valence-corrected chi connectivity index (χ1v) is 9.92. The van der Waals surface area contributed by atoms with Crippen LogP contribution < -0.4 is 5.32 Å². The minimum atomic E-state index is -0.616. The molecule has 5 heteroatoms. The fourth-order valence-corrected chi connectivity index (χ4v) is 3.88. The standard InChI is InChI=1S/C26H20FNO3/c1-17-12-13-25(27)23(15-29)18(17)11-6-14-28-26(30)31-16-24-21-9-4-2-7-19(21)20-8-3-5-10-22(20)24/h2-5,7-10,12-13,15,24H,14,16H2,1H3,(H,28,30). The summed E-state index contributed by atoms with van der Waals surface area (Å²) >= 11 is 0. The van der Waals surface area contributed by atoms with Crippen LogP contribution in [0.5, 0.6) is 0 Å². The van der Waals surface area contributed by atoms with E-state index in [2.05, 4.69) is 41.4 Å². The molecule has 0 aliphatic heterocycles. The summed E-state index contributed by atoms with van der Waals surface area (Å²) in [6.07, 6.45) is -0.131. The Morgan fingerprint density at radius 3 is 2.35 bits per heavy atom. The van der Waals surface area contributed by atoms with Gasteiger partial charge in [-0.1, -0.05) is 66.4 Å². The highest BCUT2D eigenvalue weighted by molar-refractivity contribution is 5.81. The van der Waals surface area contributed by atoms with Gasteiger partial charge in [-0.25, -0.2) is 9.18 Å². The zero-order valence-corrected chi connectivity index (χ0v) is 16.9. The Morgan fingerprint density at radius 1 is 1.06 bits per heavy atom. The minimum Gasteiger partial charge on any atom is -0.449 e. The molecule has 0 saturated heterocycles. The normalized spacial score (nSPS) is 11.7. The smallest absolute Gasteiger partial charge is 0.407 e. The Bertz CT molecular complexity index is 1180. The molecule has 0 radical (unpaired) electrons. The molecule has 0 unspecified atom stereocenters. The molecule has 31 heavy (non-hydrogen) atoms. The molecule has 3 aromatic carbocycles. The van der Waals surface area contributed by atoms with Crippen molar-refractivity contribution in [1.29, 1.82) is 0 Å². The average Bonchev–Trinajstić information content (AvgIpc) is 3.11. The molecule has 0 saturated carbocycles. The van der Waals surface area contributed by atoms with Crippen LogP contribution in [0, 0.1) is 24.6 Å². The first-order chi connectivity index (χ1) is 15.1. The molecule has 1 aliphatic rings. The molecule has 4 nitrogen and oxygen atoms in total. The van der Waals surface area contributed by atoms with E-state index in [0.29, 0.717) is 17.4 Å². The average molecular weight is 413 g/mol. The van der Waals surface area contributed by atoms with Crippen molar-refractivity contribution in [1.82, 2.24) is 5.32 Å². The quantitative estimate of drug-likeness (QED) is 0.492. The second kappa shape index (κ2) is 8.85. The highest BCUT2D eigenvalue weighted by Crippen LogP contribution is 2.44. The minimum absolute atomic E-state index is 0.0188. The number of rotatable bonds is 4. The fourth-order valence-electron chi connectivity index (χ4n) is 3.88. The number of aryl methyl sites for hydroxylation is 1. The van der Waals surface area contributed by atoms with Crippen LogP contribution in [0.3, 0.4) is 0 Å². The molecule has 1 aliphatic carbocycles. The van der Waals surface area contributed by atoms with Gasteiger partial charge in [0.05, 0.1) is 12.1 Å². The molecule has 0 atom stereocenters. The summed E-state index contributed by atoms with van der Waals surface area (Å²) in [6, 6.07) is 19.0. The maximum atomic E-state index is 13.7. The van der Waals surface area contributed by atoms with Gasteiger partial charge in [-0.15, -0.1) is 0 Å². The number of hydrogen-bond donors (Lipinski definition) is 1. The molecule has 0 bridgehead atoms. The zero-order valence-electron chi connectivity index (χ0n) is 16.9. The van der Waals surface area contributed by atoms with E-state index in [-0.39, 0.29) is 24.6 Å². The van der Waals surface area contributed by atoms with E-state index < -0.39 is 11.9 Å². The third-order valence-corrected chi connectivity index (χ3v) is 5.40. The van der Waals surface area contributed by atoms with E-state index in [9.17, 15) is 14.0 Å². The summed E-state index contributed by atoms with van der Waals surface area (Å²) in [5.41, 5.74) is 5.54. The van der Waals surface area contributed by atoms with E-state index in [1.54, 1.807) is 13.0 Å². The lowest BCUT2D eigenvalue weighted by Crippen LogP contribution is -2.26. The Kier molecular flexibility index (Phi) is 5.81. The van der Waals surface area contributed by atoms with Gasteiger partial charge < -0.3 is 10.1 Å². The second-order valence-electron chi connectivity index (χ2n) is 7.25. The first-order valence-electron chi connectivity index (χ1n) is 9.92. The number of aldehydes is 1. The van der Waals surface area contributed by atoms with Crippen LogP contribution in [0.25, 0.3) is 11.1 Å². The Labute approximate surface area is 180 Å². The molecular weight excluding hydrogens is 393 g/mol. The number of nitrogens with one attached hydrogen (secondary N) is 1. The zero-order chi connectivity index (χ0) is 21.8. The van der Waals surface area contributed by atoms with E-state index in [1.165, 1.54) is 6.07 Å². The number of fused-ring (bicyclic) bond motifs is 3. The molecule has 0 aromatic heterocycles. The summed E-state index contributed by atoms with van der Waals surface area (Å²) in [6.45, 7) is 1.98. The summed E-state index contributed by atoms with van der Waals surface area (Å²) in [5, 5.41) is 2.58. The van der Waals surface area contributed by atoms with Crippen LogP contribution in [0.15, 0.2) is 60.7 Å². The number of ether oxygens (including phenoxy) is 1. The summed E-state index contributed by atoms with van der Waals surface area (Å²) in [5.74, 6) is 4.87. The van der Waals surface area contributed by atoms with Gasteiger partial charge in [0.1, 0.15) is 12.4 Å². The van der Waals surface area contributed by atoms with Gasteiger partial charge in [0, 0.05) is 11.5 Å². The SMILES string of the molecule is Cc1ccc(F)c(C=O)c1C#CCNC(=O)OCC1c2ccccc2-c2ccccc21. The van der Waals surface area contributed by atoms with Gasteiger partial charge in [0.25, 0.3) is 0 Å². The monoisotopic (exact) mass is 413 g/mol. The first kappa shape index (κ1) is 20.4. The lowest BCUT2D eigenvalue weighted by Gasteiger charge is -2.14. The van der Waals surface area contributed by atoms with E-state index in [4.69, 9.17) is 4.74 Å². The third kappa shape index (κ3) is 4.06. The number of carbonyl (C=O) groups is 2. The van der Waals surface area contributed by atoms with Crippen molar-refractivity contribution in [3.8, 4) is 23.0 Å². The van der Waals surface area contributed by atoms with Crippen molar-refractivity contribution in [2.45, 2.75) is 12.8 Å². The van der Waals surface area contributed by atoms with Gasteiger partial charge in [-0.2, -0.15) is 0 Å². The third-order valence-electron chi connectivity index (χ3n) is 5.40. The van der Waals surface area contributed by atoms with Crippen LogP contribution in [0.4, 0.5) is 9.18 Å². The Morgan fingerprint density at radius 2 is 1.71 bits per heavy atom. The summed E-state index contributed by atoms with van der Waals surface area (Å²) in [7, 11) is 0. The maximum absolute atomic E-state index is 13.7. The second-order valence-corrected chi connectivity index (χ2v) is 7.25. The predicted octanol–water partition coefficient (Wildman–Crippen LogP) is 4.84.